The number of hydrogen-bond acceptors (Lipinski definition) is 3. The zero-order valence-electron chi connectivity index (χ0n) is 5.44. The first-order chi connectivity index (χ1) is 4.33. The van der Waals surface area contributed by atoms with E-state index in [1.54, 1.807) is 0 Å². The van der Waals surface area contributed by atoms with E-state index in [0.717, 1.165) is 0 Å². The van der Waals surface area contributed by atoms with Crippen molar-refractivity contribution in [3.63, 3.8) is 0 Å². The van der Waals surface area contributed by atoms with E-state index < -0.39 is 27.7 Å². The summed E-state index contributed by atoms with van der Waals surface area (Å²) < 4.78 is 28.4. The van der Waals surface area contributed by atoms with Crippen LogP contribution < -0.4 is 5.73 Å². The number of amides is 1. The summed E-state index contributed by atoms with van der Waals surface area (Å²) in [6.07, 6.45) is 0. The highest BCUT2D eigenvalue weighted by Crippen LogP contribution is 1.96. The van der Waals surface area contributed by atoms with Crippen molar-refractivity contribution in [1.29, 1.82) is 0 Å². The monoisotopic (exact) mass is 167 g/mol. The van der Waals surface area contributed by atoms with E-state index in [1.165, 1.54) is 6.92 Å². The second-order valence-electron chi connectivity index (χ2n) is 2.05. The summed E-state index contributed by atoms with van der Waals surface area (Å²) in [6.45, 7) is 1.33. The number of primary amides is 1. The number of carbonyl (C=O) groups excluding carboxylic acids is 1. The van der Waals surface area contributed by atoms with Crippen molar-refractivity contribution in [2.75, 3.05) is 5.75 Å². The first-order valence-electron chi connectivity index (χ1n) is 2.57. The second kappa shape index (κ2) is 2.98. The van der Waals surface area contributed by atoms with E-state index in [-0.39, 0.29) is 0 Å². The SMILES string of the molecule is C[C@H](CS(=O)(=O)O)C(N)=O. The molecule has 1 atom stereocenters. The van der Waals surface area contributed by atoms with E-state index in [1.807, 2.05) is 0 Å². The Morgan fingerprint density at radius 3 is 2.20 bits per heavy atom. The average Bonchev–Trinajstić information content (AvgIpc) is 1.60. The lowest BCUT2D eigenvalue weighted by Crippen LogP contribution is -2.26. The largest absolute Gasteiger partial charge is 0.369 e. The lowest BCUT2D eigenvalue weighted by Gasteiger charge is -2.01. The second-order valence-corrected chi connectivity index (χ2v) is 3.55. The number of hydrogen-bond donors (Lipinski definition) is 2. The molecule has 3 N–H and O–H groups in total. The molecule has 0 fully saturated rings. The van der Waals surface area contributed by atoms with E-state index in [0.29, 0.717) is 0 Å². The molecule has 0 aromatic carbocycles. The van der Waals surface area contributed by atoms with Crippen LogP contribution in [0.2, 0.25) is 0 Å². The minimum atomic E-state index is -4.07. The Hall–Kier alpha value is -0.620. The molecule has 1 amide bonds. The Balaban J connectivity index is 4.06. The van der Waals surface area contributed by atoms with Gasteiger partial charge in [-0.1, -0.05) is 6.92 Å². The standard InChI is InChI=1S/C4H9NO4S/c1-3(4(5)6)2-10(7,8)9/h3H,2H2,1H3,(H2,5,6)(H,7,8,9)/t3-/m1/s1. The number of carbonyl (C=O) groups is 1. The molecule has 0 radical (unpaired) electrons. The third kappa shape index (κ3) is 4.28. The smallest absolute Gasteiger partial charge is 0.265 e. The highest BCUT2D eigenvalue weighted by Gasteiger charge is 2.16. The summed E-state index contributed by atoms with van der Waals surface area (Å²) in [4.78, 5) is 10.2. The number of nitrogens with two attached hydrogens (primary N) is 1. The summed E-state index contributed by atoms with van der Waals surface area (Å²) in [5.74, 6) is -2.19. The van der Waals surface area contributed by atoms with Gasteiger partial charge in [0.05, 0.1) is 11.7 Å². The fraction of sp³-hybridized carbons (Fsp3) is 0.750. The molecular weight excluding hydrogens is 158 g/mol. The maximum Gasteiger partial charge on any atom is 0.265 e. The Morgan fingerprint density at radius 1 is 1.70 bits per heavy atom. The highest BCUT2D eigenvalue weighted by atomic mass is 32.2. The van der Waals surface area contributed by atoms with Crippen LogP contribution in [0.1, 0.15) is 6.92 Å². The van der Waals surface area contributed by atoms with Crippen LogP contribution in [0, 0.1) is 5.92 Å². The van der Waals surface area contributed by atoms with Gasteiger partial charge in [0, 0.05) is 0 Å². The molecule has 0 aromatic heterocycles. The maximum absolute atomic E-state index is 10.2. The molecular formula is C4H9NO4S. The molecule has 5 nitrogen and oxygen atoms in total. The van der Waals surface area contributed by atoms with Gasteiger partial charge in [-0.3, -0.25) is 9.35 Å². The molecule has 0 bridgehead atoms. The Bertz CT molecular complexity index is 219. The molecule has 0 heterocycles. The van der Waals surface area contributed by atoms with Crippen LogP contribution in [0.15, 0.2) is 0 Å². The fourth-order valence-electron chi connectivity index (χ4n) is 0.398. The Kier molecular flexibility index (Phi) is 2.79. The molecule has 6 heteroatoms. The van der Waals surface area contributed by atoms with Crippen LogP contribution in [0.5, 0.6) is 0 Å². The molecule has 0 aromatic rings. The topological polar surface area (TPSA) is 97.5 Å². The molecule has 0 saturated carbocycles. The van der Waals surface area contributed by atoms with Gasteiger partial charge in [-0.15, -0.1) is 0 Å². The predicted octanol–water partition coefficient (Wildman–Crippen LogP) is -1.00. The van der Waals surface area contributed by atoms with Gasteiger partial charge in [-0.2, -0.15) is 8.42 Å². The van der Waals surface area contributed by atoms with Gasteiger partial charge >= 0.3 is 0 Å². The molecule has 0 aliphatic carbocycles. The fourth-order valence-corrected chi connectivity index (χ4v) is 1.19. The van der Waals surface area contributed by atoms with Gasteiger partial charge in [0.25, 0.3) is 10.1 Å². The quantitative estimate of drug-likeness (QED) is 0.526. The van der Waals surface area contributed by atoms with Gasteiger partial charge < -0.3 is 5.73 Å². The molecule has 0 spiro atoms. The molecule has 0 aliphatic rings. The van der Waals surface area contributed by atoms with Crippen LogP contribution in [0.25, 0.3) is 0 Å². The maximum atomic E-state index is 10.2. The zero-order chi connectivity index (χ0) is 8.36. The molecule has 10 heavy (non-hydrogen) atoms. The lowest BCUT2D eigenvalue weighted by atomic mass is 10.2. The third-order valence-electron chi connectivity index (χ3n) is 0.946. The van der Waals surface area contributed by atoms with Crippen LogP contribution >= 0.6 is 0 Å². The van der Waals surface area contributed by atoms with E-state index in [2.05, 4.69) is 0 Å². The van der Waals surface area contributed by atoms with Crippen LogP contribution in [0.3, 0.4) is 0 Å². The molecule has 0 rings (SSSR count). The van der Waals surface area contributed by atoms with Gasteiger partial charge in [-0.25, -0.2) is 0 Å². The van der Waals surface area contributed by atoms with Crippen LogP contribution in [-0.2, 0) is 14.9 Å². The first-order valence-corrected chi connectivity index (χ1v) is 4.18. The van der Waals surface area contributed by atoms with Crippen molar-refractivity contribution in [3.8, 4) is 0 Å². The molecule has 0 saturated heterocycles. The minimum absolute atomic E-state index is 0.609. The Morgan fingerprint density at radius 2 is 2.10 bits per heavy atom. The summed E-state index contributed by atoms with van der Waals surface area (Å²) in [5.41, 5.74) is 4.73. The van der Waals surface area contributed by atoms with Gasteiger partial charge in [-0.05, 0) is 0 Å². The van der Waals surface area contributed by atoms with Crippen molar-refractivity contribution in [2.45, 2.75) is 6.92 Å². The molecule has 0 aliphatic heterocycles. The van der Waals surface area contributed by atoms with E-state index in [4.69, 9.17) is 10.3 Å². The predicted molar refractivity (Wildman–Crippen MR) is 34.8 cm³/mol. The van der Waals surface area contributed by atoms with E-state index >= 15 is 0 Å². The summed E-state index contributed by atoms with van der Waals surface area (Å²) in [7, 11) is -4.07. The third-order valence-corrected chi connectivity index (χ3v) is 1.87. The summed E-state index contributed by atoms with van der Waals surface area (Å²) in [6, 6.07) is 0. The van der Waals surface area contributed by atoms with Crippen LogP contribution in [0.4, 0.5) is 0 Å². The minimum Gasteiger partial charge on any atom is -0.369 e. The van der Waals surface area contributed by atoms with E-state index in [9.17, 15) is 13.2 Å². The number of rotatable bonds is 3. The van der Waals surface area contributed by atoms with Crippen molar-refractivity contribution < 1.29 is 17.8 Å². The zero-order valence-corrected chi connectivity index (χ0v) is 6.26. The average molecular weight is 167 g/mol. The normalized spacial score (nSPS) is 14.6. The lowest BCUT2D eigenvalue weighted by molar-refractivity contribution is -0.120. The van der Waals surface area contributed by atoms with Gasteiger partial charge in [0.2, 0.25) is 5.91 Å². The first kappa shape index (κ1) is 9.38. The van der Waals surface area contributed by atoms with Crippen LogP contribution in [-0.4, -0.2) is 24.6 Å². The Labute approximate surface area is 59.0 Å². The summed E-state index contributed by atoms with van der Waals surface area (Å²) in [5, 5.41) is 0. The van der Waals surface area contributed by atoms with Crippen molar-refractivity contribution >= 4 is 16.0 Å². The van der Waals surface area contributed by atoms with Gasteiger partial charge in [0.1, 0.15) is 0 Å². The van der Waals surface area contributed by atoms with Gasteiger partial charge in [0.15, 0.2) is 0 Å². The van der Waals surface area contributed by atoms with Crippen molar-refractivity contribution in [2.24, 2.45) is 11.7 Å². The molecule has 0 unspecified atom stereocenters. The van der Waals surface area contributed by atoms with Crippen molar-refractivity contribution in [1.82, 2.24) is 0 Å². The molecule has 60 valence electrons. The van der Waals surface area contributed by atoms with Crippen molar-refractivity contribution in [3.05, 3.63) is 0 Å². The summed E-state index contributed by atoms with van der Waals surface area (Å²) >= 11 is 0. The highest BCUT2D eigenvalue weighted by molar-refractivity contribution is 7.85.